The lowest BCUT2D eigenvalue weighted by Gasteiger charge is -2.04. The molecule has 0 saturated heterocycles. The molecule has 0 unspecified atom stereocenters. The van der Waals surface area contributed by atoms with Gasteiger partial charge in [0.05, 0.1) is 6.61 Å². The number of carboxylic acids is 1. The lowest BCUT2D eigenvalue weighted by Crippen LogP contribution is -2.06. The van der Waals surface area contributed by atoms with Gasteiger partial charge in [-0.05, 0) is 67.6 Å². The van der Waals surface area contributed by atoms with Gasteiger partial charge < -0.3 is 30.3 Å². The molecule has 10 nitrogen and oxygen atoms in total. The first-order valence-electron chi connectivity index (χ1n) is 11.1. The van der Waals surface area contributed by atoms with E-state index in [1.807, 2.05) is 31.2 Å². The number of para-hydroxylation sites is 1. The molecular formula is C27H30N2O8. The molecule has 0 fully saturated rings. The van der Waals surface area contributed by atoms with Crippen LogP contribution in [0.5, 0.6) is 17.2 Å². The Kier molecular flexibility index (Phi) is 13.0. The molecule has 3 aromatic carbocycles. The number of carboxylic acid groups (broad SMARTS) is 1. The number of nitrogens with one attached hydrogen (secondary N) is 2. The average Bonchev–Trinajstić information content (AvgIpc) is 2.82. The van der Waals surface area contributed by atoms with Crippen molar-refractivity contribution in [1.82, 2.24) is 0 Å². The standard InChI is InChI=1S/C10H13NO2.C9H8O4.C8H9NO2/c1-3-13-10-6-4-9(5-7-10)11-8(2)12;1-6(10)13-8-5-3-2-4-7(8)9(11)12;1-6(10)9-7-2-4-8(11)5-3-7/h4-7H,3H2,1-2H3,(H,11,12);2-5H,1H3,(H,11,12);2-5,11H,1H3,(H,9,10). The van der Waals surface area contributed by atoms with Gasteiger partial charge in [-0.15, -0.1) is 0 Å². The van der Waals surface area contributed by atoms with Gasteiger partial charge >= 0.3 is 11.9 Å². The summed E-state index contributed by atoms with van der Waals surface area (Å²) in [7, 11) is 0. The van der Waals surface area contributed by atoms with E-state index < -0.39 is 11.9 Å². The fourth-order valence-electron chi connectivity index (χ4n) is 2.64. The highest BCUT2D eigenvalue weighted by Gasteiger charge is 2.11. The average molecular weight is 511 g/mol. The second-order valence-corrected chi connectivity index (χ2v) is 7.26. The number of hydrogen-bond donors (Lipinski definition) is 4. The predicted octanol–water partition coefficient (Wildman–Crippen LogP) is 4.70. The molecule has 0 aromatic heterocycles. The van der Waals surface area contributed by atoms with E-state index in [-0.39, 0.29) is 28.9 Å². The number of aromatic hydroxyl groups is 1. The van der Waals surface area contributed by atoms with Gasteiger partial charge in [0.25, 0.3) is 0 Å². The van der Waals surface area contributed by atoms with E-state index >= 15 is 0 Å². The number of aromatic carboxylic acids is 1. The van der Waals surface area contributed by atoms with E-state index in [2.05, 4.69) is 15.4 Å². The minimum atomic E-state index is -1.11. The number of benzene rings is 3. The first-order valence-corrected chi connectivity index (χ1v) is 11.1. The normalized spacial score (nSPS) is 9.30. The van der Waals surface area contributed by atoms with E-state index in [0.717, 1.165) is 11.4 Å². The third-order valence-corrected chi connectivity index (χ3v) is 4.04. The first kappa shape index (κ1) is 30.2. The number of carbonyl (C=O) groups excluding carboxylic acids is 3. The van der Waals surface area contributed by atoms with Crippen molar-refractivity contribution in [2.24, 2.45) is 0 Å². The first-order chi connectivity index (χ1) is 17.5. The maximum Gasteiger partial charge on any atom is 0.339 e. The number of carbonyl (C=O) groups is 4. The number of anilines is 2. The van der Waals surface area contributed by atoms with Crippen LogP contribution in [-0.2, 0) is 14.4 Å². The fraction of sp³-hybridized carbons (Fsp3) is 0.185. The van der Waals surface area contributed by atoms with Crippen LogP contribution in [0.4, 0.5) is 11.4 Å². The molecule has 196 valence electrons. The summed E-state index contributed by atoms with van der Waals surface area (Å²) in [5.74, 6) is -0.747. The van der Waals surface area contributed by atoms with Crippen LogP contribution in [0.1, 0.15) is 38.1 Å². The van der Waals surface area contributed by atoms with Crippen molar-refractivity contribution in [2.45, 2.75) is 27.7 Å². The van der Waals surface area contributed by atoms with Crippen molar-refractivity contribution in [1.29, 1.82) is 0 Å². The van der Waals surface area contributed by atoms with Crippen LogP contribution >= 0.6 is 0 Å². The summed E-state index contributed by atoms with van der Waals surface area (Å²) < 4.78 is 9.94. The molecule has 0 spiro atoms. The smallest absolute Gasteiger partial charge is 0.339 e. The van der Waals surface area contributed by atoms with Crippen molar-refractivity contribution < 1.29 is 38.9 Å². The van der Waals surface area contributed by atoms with Crippen LogP contribution in [0, 0.1) is 0 Å². The van der Waals surface area contributed by atoms with Crippen LogP contribution in [0.3, 0.4) is 0 Å². The number of hydrogen-bond acceptors (Lipinski definition) is 7. The quantitative estimate of drug-likeness (QED) is 0.212. The molecule has 3 rings (SSSR count). The Morgan fingerprint density at radius 1 is 0.757 bits per heavy atom. The van der Waals surface area contributed by atoms with Gasteiger partial charge in [0.1, 0.15) is 22.8 Å². The molecule has 0 saturated carbocycles. The highest BCUT2D eigenvalue weighted by atomic mass is 16.5. The Morgan fingerprint density at radius 2 is 1.24 bits per heavy atom. The van der Waals surface area contributed by atoms with Crippen LogP contribution in [0.25, 0.3) is 0 Å². The van der Waals surface area contributed by atoms with Gasteiger partial charge in [-0.3, -0.25) is 14.4 Å². The zero-order chi connectivity index (χ0) is 27.8. The summed E-state index contributed by atoms with van der Waals surface area (Å²) in [4.78, 5) is 42.4. The van der Waals surface area contributed by atoms with Crippen LogP contribution in [0.2, 0.25) is 0 Å². The van der Waals surface area contributed by atoms with E-state index in [9.17, 15) is 19.2 Å². The molecule has 0 radical (unpaired) electrons. The molecule has 4 N–H and O–H groups in total. The Balaban J connectivity index is 0.000000279. The monoisotopic (exact) mass is 510 g/mol. The second kappa shape index (κ2) is 15.9. The van der Waals surface area contributed by atoms with E-state index in [1.54, 1.807) is 24.3 Å². The lowest BCUT2D eigenvalue weighted by molar-refractivity contribution is -0.132. The minimum Gasteiger partial charge on any atom is -0.508 e. The molecule has 0 aliphatic heterocycles. The maximum absolute atomic E-state index is 10.7. The van der Waals surface area contributed by atoms with Crippen LogP contribution < -0.4 is 20.1 Å². The largest absolute Gasteiger partial charge is 0.508 e. The molecule has 10 heteroatoms. The van der Waals surface area contributed by atoms with Gasteiger partial charge in [-0.1, -0.05) is 12.1 Å². The van der Waals surface area contributed by atoms with E-state index in [1.165, 1.54) is 45.0 Å². The highest BCUT2D eigenvalue weighted by Crippen LogP contribution is 2.18. The Hall–Kier alpha value is -4.86. The molecule has 0 aliphatic carbocycles. The van der Waals surface area contributed by atoms with Crippen LogP contribution in [-0.4, -0.2) is 40.6 Å². The fourth-order valence-corrected chi connectivity index (χ4v) is 2.64. The maximum atomic E-state index is 10.7. The zero-order valence-corrected chi connectivity index (χ0v) is 21.0. The molecule has 3 aromatic rings. The van der Waals surface area contributed by atoms with Gasteiger partial charge in [0, 0.05) is 32.1 Å². The predicted molar refractivity (Wildman–Crippen MR) is 139 cm³/mol. The number of phenolic OH excluding ortho intramolecular Hbond substituents is 1. The Morgan fingerprint density at radius 3 is 1.68 bits per heavy atom. The molecule has 0 bridgehead atoms. The van der Waals surface area contributed by atoms with E-state index in [0.29, 0.717) is 12.3 Å². The summed E-state index contributed by atoms with van der Waals surface area (Å²) >= 11 is 0. The van der Waals surface area contributed by atoms with Crippen LogP contribution in [0.15, 0.2) is 72.8 Å². The number of esters is 1. The summed E-state index contributed by atoms with van der Waals surface area (Å²) in [5.41, 5.74) is 1.46. The summed E-state index contributed by atoms with van der Waals surface area (Å²) in [6.07, 6.45) is 0. The molecule has 0 heterocycles. The minimum absolute atomic E-state index is 0.0160. The zero-order valence-electron chi connectivity index (χ0n) is 21.0. The summed E-state index contributed by atoms with van der Waals surface area (Å²) in [6.45, 7) is 6.73. The Bertz CT molecular complexity index is 1180. The number of ether oxygens (including phenoxy) is 2. The second-order valence-electron chi connectivity index (χ2n) is 7.26. The third-order valence-electron chi connectivity index (χ3n) is 4.04. The summed E-state index contributed by atoms with van der Waals surface area (Å²) in [5, 5.41) is 22.8. The topological polar surface area (TPSA) is 151 Å². The lowest BCUT2D eigenvalue weighted by atomic mass is 10.2. The van der Waals surface area contributed by atoms with Crippen molar-refractivity contribution in [3.8, 4) is 17.2 Å². The highest BCUT2D eigenvalue weighted by molar-refractivity contribution is 5.92. The molecule has 0 atom stereocenters. The van der Waals surface area contributed by atoms with Gasteiger partial charge in [0.15, 0.2) is 0 Å². The SMILES string of the molecule is CC(=O)Nc1ccc(O)cc1.CC(=O)Oc1ccccc1C(=O)O.CCOc1ccc(NC(C)=O)cc1. The van der Waals surface area contributed by atoms with Gasteiger partial charge in [-0.2, -0.15) is 0 Å². The summed E-state index contributed by atoms with van der Waals surface area (Å²) in [6, 6.07) is 19.6. The number of rotatable bonds is 6. The Labute approximate surface area is 214 Å². The van der Waals surface area contributed by atoms with Crippen molar-refractivity contribution in [3.05, 3.63) is 78.4 Å². The van der Waals surface area contributed by atoms with Crippen molar-refractivity contribution in [3.63, 3.8) is 0 Å². The molecule has 0 aliphatic rings. The van der Waals surface area contributed by atoms with Crippen molar-refractivity contribution in [2.75, 3.05) is 17.2 Å². The molecule has 2 amide bonds. The molecular weight excluding hydrogens is 480 g/mol. The van der Waals surface area contributed by atoms with Gasteiger partial charge in [0.2, 0.25) is 11.8 Å². The van der Waals surface area contributed by atoms with E-state index in [4.69, 9.17) is 14.9 Å². The van der Waals surface area contributed by atoms with Gasteiger partial charge in [-0.25, -0.2) is 4.79 Å². The number of amides is 2. The van der Waals surface area contributed by atoms with Crippen molar-refractivity contribution >= 4 is 35.1 Å². The third kappa shape index (κ3) is 13.0. The molecule has 37 heavy (non-hydrogen) atoms. The number of phenols is 1.